The fourth-order valence-corrected chi connectivity index (χ4v) is 2.05. The minimum absolute atomic E-state index is 0.616. The Kier molecular flexibility index (Phi) is 5.47. The lowest BCUT2D eigenvalue weighted by Gasteiger charge is -2.23. The molecule has 0 radical (unpaired) electrons. The number of hydrogen-bond acceptors (Lipinski definition) is 2. The first kappa shape index (κ1) is 14.0. The summed E-state index contributed by atoms with van der Waals surface area (Å²) in [6.07, 6.45) is 0. The topological polar surface area (TPSA) is 27.0 Å². The SMILES string of the molecule is CCN(Cc1ccc(C#N)cc1Cl)CC(C)C. The van der Waals surface area contributed by atoms with Gasteiger partial charge in [0, 0.05) is 18.1 Å². The van der Waals surface area contributed by atoms with Crippen LogP contribution in [0.2, 0.25) is 5.02 Å². The molecule has 1 rings (SSSR count). The molecule has 0 unspecified atom stereocenters. The molecular formula is C14H19ClN2. The van der Waals surface area contributed by atoms with Crippen LogP contribution in [-0.4, -0.2) is 18.0 Å². The number of rotatable bonds is 5. The standard InChI is InChI=1S/C14H19ClN2/c1-4-17(9-11(2)3)10-13-6-5-12(8-16)7-14(13)15/h5-7,11H,4,9-10H2,1-3H3. The highest BCUT2D eigenvalue weighted by molar-refractivity contribution is 6.31. The Bertz CT molecular complexity index is 407. The van der Waals surface area contributed by atoms with E-state index in [1.165, 1.54) is 0 Å². The monoisotopic (exact) mass is 250 g/mol. The number of halogens is 1. The van der Waals surface area contributed by atoms with E-state index in [9.17, 15) is 0 Å². The molecule has 0 heterocycles. The first-order valence-electron chi connectivity index (χ1n) is 5.97. The molecule has 17 heavy (non-hydrogen) atoms. The Balaban J connectivity index is 2.76. The molecule has 0 amide bonds. The molecule has 0 aliphatic heterocycles. The van der Waals surface area contributed by atoms with Crippen LogP contribution in [0.3, 0.4) is 0 Å². The van der Waals surface area contributed by atoms with Crippen molar-refractivity contribution >= 4 is 11.6 Å². The van der Waals surface area contributed by atoms with Gasteiger partial charge in [-0.25, -0.2) is 0 Å². The van der Waals surface area contributed by atoms with Crippen LogP contribution in [0.1, 0.15) is 31.9 Å². The van der Waals surface area contributed by atoms with E-state index in [2.05, 4.69) is 31.7 Å². The van der Waals surface area contributed by atoms with E-state index >= 15 is 0 Å². The summed E-state index contributed by atoms with van der Waals surface area (Å²) in [4.78, 5) is 2.36. The van der Waals surface area contributed by atoms with E-state index in [0.717, 1.165) is 25.2 Å². The largest absolute Gasteiger partial charge is 0.299 e. The van der Waals surface area contributed by atoms with E-state index in [4.69, 9.17) is 16.9 Å². The maximum atomic E-state index is 8.78. The summed E-state index contributed by atoms with van der Waals surface area (Å²) in [7, 11) is 0. The van der Waals surface area contributed by atoms with Gasteiger partial charge in [0.1, 0.15) is 0 Å². The Morgan fingerprint density at radius 2 is 2.12 bits per heavy atom. The van der Waals surface area contributed by atoms with Crippen LogP contribution in [0.25, 0.3) is 0 Å². The van der Waals surface area contributed by atoms with Gasteiger partial charge >= 0.3 is 0 Å². The molecular weight excluding hydrogens is 232 g/mol. The summed E-state index contributed by atoms with van der Waals surface area (Å²) in [5.74, 6) is 0.645. The van der Waals surface area contributed by atoms with E-state index in [-0.39, 0.29) is 0 Å². The Hall–Kier alpha value is -1.04. The van der Waals surface area contributed by atoms with Gasteiger partial charge in [-0.05, 0) is 30.2 Å². The maximum absolute atomic E-state index is 8.78. The summed E-state index contributed by atoms with van der Waals surface area (Å²) in [5, 5.41) is 9.47. The lowest BCUT2D eigenvalue weighted by molar-refractivity contribution is 0.248. The van der Waals surface area contributed by atoms with Crippen molar-refractivity contribution in [2.24, 2.45) is 5.92 Å². The molecule has 1 aromatic rings. The van der Waals surface area contributed by atoms with Gasteiger partial charge in [-0.1, -0.05) is 38.4 Å². The molecule has 0 saturated heterocycles. The average molecular weight is 251 g/mol. The summed E-state index contributed by atoms with van der Waals surface area (Å²) in [6.45, 7) is 9.49. The highest BCUT2D eigenvalue weighted by Gasteiger charge is 2.09. The molecule has 3 heteroatoms. The summed E-state index contributed by atoms with van der Waals surface area (Å²) < 4.78 is 0. The van der Waals surface area contributed by atoms with Gasteiger partial charge in [0.05, 0.1) is 11.6 Å². The van der Waals surface area contributed by atoms with E-state index in [0.29, 0.717) is 16.5 Å². The van der Waals surface area contributed by atoms with E-state index < -0.39 is 0 Å². The van der Waals surface area contributed by atoms with Crippen LogP contribution in [0.4, 0.5) is 0 Å². The third-order valence-electron chi connectivity index (χ3n) is 2.65. The predicted octanol–water partition coefficient (Wildman–Crippen LogP) is 3.69. The molecule has 0 aliphatic rings. The van der Waals surface area contributed by atoms with Crippen LogP contribution in [0.5, 0.6) is 0 Å². The minimum Gasteiger partial charge on any atom is -0.299 e. The fraction of sp³-hybridized carbons (Fsp3) is 0.500. The van der Waals surface area contributed by atoms with Crippen LogP contribution in [0, 0.1) is 17.2 Å². The molecule has 0 saturated carbocycles. The van der Waals surface area contributed by atoms with Crippen LogP contribution in [-0.2, 0) is 6.54 Å². The number of benzene rings is 1. The number of nitrogens with zero attached hydrogens (tertiary/aromatic N) is 2. The molecule has 0 atom stereocenters. The first-order valence-corrected chi connectivity index (χ1v) is 6.35. The van der Waals surface area contributed by atoms with E-state index in [1.807, 2.05) is 12.1 Å². The second-order valence-corrected chi connectivity index (χ2v) is 5.05. The third-order valence-corrected chi connectivity index (χ3v) is 3.00. The zero-order chi connectivity index (χ0) is 12.8. The molecule has 0 fully saturated rings. The van der Waals surface area contributed by atoms with Crippen molar-refractivity contribution in [3.8, 4) is 6.07 Å². The summed E-state index contributed by atoms with van der Waals surface area (Å²) >= 11 is 6.17. The summed E-state index contributed by atoms with van der Waals surface area (Å²) in [6, 6.07) is 7.60. The zero-order valence-corrected chi connectivity index (χ0v) is 11.5. The van der Waals surface area contributed by atoms with Crippen molar-refractivity contribution in [3.05, 3.63) is 34.3 Å². The van der Waals surface area contributed by atoms with Crippen molar-refractivity contribution in [2.75, 3.05) is 13.1 Å². The zero-order valence-electron chi connectivity index (χ0n) is 10.7. The highest BCUT2D eigenvalue weighted by Crippen LogP contribution is 2.19. The third kappa shape index (κ3) is 4.38. The van der Waals surface area contributed by atoms with Gasteiger partial charge in [0.15, 0.2) is 0 Å². The van der Waals surface area contributed by atoms with Crippen molar-refractivity contribution < 1.29 is 0 Å². The lowest BCUT2D eigenvalue weighted by Crippen LogP contribution is -2.27. The van der Waals surface area contributed by atoms with Crippen molar-refractivity contribution in [1.82, 2.24) is 4.90 Å². The number of nitriles is 1. The van der Waals surface area contributed by atoms with Crippen LogP contribution >= 0.6 is 11.6 Å². The second kappa shape index (κ2) is 6.64. The number of hydrogen-bond donors (Lipinski definition) is 0. The van der Waals surface area contributed by atoms with Gasteiger partial charge in [-0.15, -0.1) is 0 Å². The molecule has 0 spiro atoms. The highest BCUT2D eigenvalue weighted by atomic mass is 35.5. The van der Waals surface area contributed by atoms with Crippen molar-refractivity contribution in [3.63, 3.8) is 0 Å². The molecule has 0 aromatic heterocycles. The smallest absolute Gasteiger partial charge is 0.0992 e. The van der Waals surface area contributed by atoms with Gasteiger partial charge in [0.2, 0.25) is 0 Å². The fourth-order valence-electron chi connectivity index (χ4n) is 1.81. The Labute approximate surface area is 109 Å². The first-order chi connectivity index (χ1) is 8.06. The Morgan fingerprint density at radius 3 is 2.59 bits per heavy atom. The summed E-state index contributed by atoms with van der Waals surface area (Å²) in [5.41, 5.74) is 1.71. The second-order valence-electron chi connectivity index (χ2n) is 4.64. The minimum atomic E-state index is 0.616. The molecule has 0 bridgehead atoms. The van der Waals surface area contributed by atoms with Gasteiger partial charge in [-0.2, -0.15) is 5.26 Å². The van der Waals surface area contributed by atoms with Crippen molar-refractivity contribution in [2.45, 2.75) is 27.3 Å². The normalized spacial score (nSPS) is 10.9. The Morgan fingerprint density at radius 1 is 1.41 bits per heavy atom. The molecule has 0 N–H and O–H groups in total. The molecule has 2 nitrogen and oxygen atoms in total. The van der Waals surface area contributed by atoms with Gasteiger partial charge < -0.3 is 0 Å². The average Bonchev–Trinajstić information content (AvgIpc) is 2.29. The van der Waals surface area contributed by atoms with Crippen molar-refractivity contribution in [1.29, 1.82) is 5.26 Å². The molecule has 92 valence electrons. The maximum Gasteiger partial charge on any atom is 0.0992 e. The quantitative estimate of drug-likeness (QED) is 0.797. The molecule has 0 aliphatic carbocycles. The molecule has 1 aromatic carbocycles. The lowest BCUT2D eigenvalue weighted by atomic mass is 10.1. The van der Waals surface area contributed by atoms with Gasteiger partial charge in [-0.3, -0.25) is 4.90 Å². The van der Waals surface area contributed by atoms with Crippen LogP contribution < -0.4 is 0 Å². The van der Waals surface area contributed by atoms with Crippen LogP contribution in [0.15, 0.2) is 18.2 Å². The van der Waals surface area contributed by atoms with Gasteiger partial charge in [0.25, 0.3) is 0 Å². The predicted molar refractivity (Wildman–Crippen MR) is 72.0 cm³/mol. The van der Waals surface area contributed by atoms with E-state index in [1.54, 1.807) is 6.07 Å².